The zero-order chi connectivity index (χ0) is 18.9. The van der Waals surface area contributed by atoms with Gasteiger partial charge in [0.1, 0.15) is 11.8 Å². The number of carbonyl (C=O) groups is 2. The Balaban J connectivity index is 2.12. The molecule has 0 heterocycles. The molecule has 2 aromatic rings. The van der Waals surface area contributed by atoms with E-state index in [1.54, 1.807) is 19.1 Å². The van der Waals surface area contributed by atoms with Gasteiger partial charge in [0.05, 0.1) is 0 Å². The first-order valence-corrected chi connectivity index (χ1v) is 9.30. The molecule has 2 amide bonds. The fraction of sp³-hybridized carbons (Fsp3) is 0.300. The molecule has 26 heavy (non-hydrogen) atoms. The quantitative estimate of drug-likeness (QED) is 0.714. The van der Waals surface area contributed by atoms with E-state index in [1.807, 2.05) is 49.4 Å². The van der Waals surface area contributed by atoms with E-state index in [2.05, 4.69) is 21.2 Å². The third-order valence-electron chi connectivity index (χ3n) is 3.87. The molecule has 0 fully saturated rings. The Bertz CT molecular complexity index is 737. The van der Waals surface area contributed by atoms with Gasteiger partial charge in [-0.05, 0) is 43.7 Å². The third-order valence-corrected chi connectivity index (χ3v) is 4.36. The molecule has 0 aliphatic heterocycles. The van der Waals surface area contributed by atoms with Crippen LogP contribution in [0.5, 0.6) is 5.75 Å². The van der Waals surface area contributed by atoms with Gasteiger partial charge >= 0.3 is 0 Å². The van der Waals surface area contributed by atoms with Gasteiger partial charge in [0.15, 0.2) is 6.61 Å². The lowest BCUT2D eigenvalue weighted by Gasteiger charge is -2.28. The highest BCUT2D eigenvalue weighted by atomic mass is 79.9. The fourth-order valence-electron chi connectivity index (χ4n) is 2.48. The van der Waals surface area contributed by atoms with E-state index in [4.69, 9.17) is 4.74 Å². The Morgan fingerprint density at radius 3 is 2.54 bits per heavy atom. The maximum absolute atomic E-state index is 12.8. The van der Waals surface area contributed by atoms with Gasteiger partial charge in [-0.2, -0.15) is 0 Å². The number of hydrogen-bond acceptors (Lipinski definition) is 3. The van der Waals surface area contributed by atoms with Crippen molar-refractivity contribution in [2.45, 2.75) is 26.4 Å². The van der Waals surface area contributed by atoms with Gasteiger partial charge in [-0.25, -0.2) is 0 Å². The van der Waals surface area contributed by atoms with Crippen molar-refractivity contribution in [3.63, 3.8) is 0 Å². The summed E-state index contributed by atoms with van der Waals surface area (Å²) in [5, 5.41) is 2.77. The van der Waals surface area contributed by atoms with Crippen molar-refractivity contribution >= 4 is 27.7 Å². The van der Waals surface area contributed by atoms with Crippen LogP contribution in [-0.2, 0) is 16.1 Å². The second-order valence-electron chi connectivity index (χ2n) is 5.82. The molecule has 2 aromatic carbocycles. The van der Waals surface area contributed by atoms with E-state index in [0.717, 1.165) is 10.0 Å². The monoisotopic (exact) mass is 418 g/mol. The number of halogens is 1. The lowest BCUT2D eigenvalue weighted by atomic mass is 10.1. The van der Waals surface area contributed by atoms with Gasteiger partial charge in [-0.1, -0.05) is 46.3 Å². The third kappa shape index (κ3) is 5.88. The minimum atomic E-state index is -0.596. The van der Waals surface area contributed by atoms with Gasteiger partial charge in [0, 0.05) is 17.6 Å². The summed E-state index contributed by atoms with van der Waals surface area (Å²) in [6.07, 6.45) is 0. The van der Waals surface area contributed by atoms with Crippen LogP contribution >= 0.6 is 15.9 Å². The number of amides is 2. The summed E-state index contributed by atoms with van der Waals surface area (Å²) < 4.78 is 6.49. The number of likely N-dealkylation sites (N-methyl/N-ethyl adjacent to an activating group) is 1. The highest BCUT2D eigenvalue weighted by molar-refractivity contribution is 9.10. The van der Waals surface area contributed by atoms with Crippen molar-refractivity contribution < 1.29 is 14.3 Å². The average Bonchev–Trinajstić information content (AvgIpc) is 2.64. The highest BCUT2D eigenvalue weighted by Gasteiger charge is 2.26. The summed E-state index contributed by atoms with van der Waals surface area (Å²) in [6, 6.07) is 16.2. The smallest absolute Gasteiger partial charge is 0.261 e. The minimum Gasteiger partial charge on any atom is -0.484 e. The van der Waals surface area contributed by atoms with E-state index in [9.17, 15) is 9.59 Å². The van der Waals surface area contributed by atoms with Crippen LogP contribution in [-0.4, -0.2) is 35.9 Å². The standard InChI is InChI=1S/C20H23BrN2O3/c1-3-22-20(25)15(2)23(13-16-8-7-9-17(21)12-16)19(24)14-26-18-10-5-4-6-11-18/h4-12,15H,3,13-14H2,1-2H3,(H,22,25)/t15-/m1/s1. The van der Waals surface area contributed by atoms with Gasteiger partial charge in [-0.15, -0.1) is 0 Å². The van der Waals surface area contributed by atoms with Crippen LogP contribution in [0.25, 0.3) is 0 Å². The average molecular weight is 419 g/mol. The van der Waals surface area contributed by atoms with E-state index in [1.165, 1.54) is 4.90 Å². The molecule has 0 aromatic heterocycles. The summed E-state index contributed by atoms with van der Waals surface area (Å²) in [4.78, 5) is 26.6. The van der Waals surface area contributed by atoms with E-state index < -0.39 is 6.04 Å². The van der Waals surface area contributed by atoms with E-state index in [0.29, 0.717) is 18.8 Å². The number of rotatable bonds is 8. The van der Waals surface area contributed by atoms with Crippen molar-refractivity contribution in [2.24, 2.45) is 0 Å². The Hall–Kier alpha value is -2.34. The molecule has 5 nitrogen and oxygen atoms in total. The van der Waals surface area contributed by atoms with Gasteiger partial charge in [-0.3, -0.25) is 9.59 Å². The number of para-hydroxylation sites is 1. The normalized spacial score (nSPS) is 11.5. The molecule has 138 valence electrons. The van der Waals surface area contributed by atoms with Crippen molar-refractivity contribution in [3.8, 4) is 5.75 Å². The van der Waals surface area contributed by atoms with Crippen LogP contribution in [0.2, 0.25) is 0 Å². The number of nitrogens with one attached hydrogen (secondary N) is 1. The lowest BCUT2D eigenvalue weighted by Crippen LogP contribution is -2.49. The molecule has 0 aliphatic rings. The number of nitrogens with zero attached hydrogens (tertiary/aromatic N) is 1. The van der Waals surface area contributed by atoms with Crippen molar-refractivity contribution in [1.82, 2.24) is 10.2 Å². The molecule has 2 rings (SSSR count). The van der Waals surface area contributed by atoms with Gasteiger partial charge < -0.3 is 15.0 Å². The molecular weight excluding hydrogens is 396 g/mol. The Morgan fingerprint density at radius 2 is 1.88 bits per heavy atom. The van der Waals surface area contributed by atoms with Gasteiger partial charge in [0.25, 0.3) is 5.91 Å². The zero-order valence-electron chi connectivity index (χ0n) is 14.9. The fourth-order valence-corrected chi connectivity index (χ4v) is 2.93. The summed E-state index contributed by atoms with van der Waals surface area (Å²) in [5.41, 5.74) is 0.934. The second kappa shape index (κ2) is 9.97. The number of benzene rings is 2. The maximum Gasteiger partial charge on any atom is 0.261 e. The molecule has 0 radical (unpaired) electrons. The number of hydrogen-bond donors (Lipinski definition) is 1. The lowest BCUT2D eigenvalue weighted by molar-refractivity contribution is -0.142. The zero-order valence-corrected chi connectivity index (χ0v) is 16.5. The molecule has 6 heteroatoms. The van der Waals surface area contributed by atoms with Crippen LogP contribution in [0.3, 0.4) is 0 Å². The first kappa shape index (κ1) is 20.0. The highest BCUT2D eigenvalue weighted by Crippen LogP contribution is 2.16. The Morgan fingerprint density at radius 1 is 1.15 bits per heavy atom. The summed E-state index contributed by atoms with van der Waals surface area (Å²) >= 11 is 3.43. The molecule has 0 saturated heterocycles. The predicted octanol–water partition coefficient (Wildman–Crippen LogP) is 3.38. The molecule has 1 N–H and O–H groups in total. The van der Waals surface area contributed by atoms with Crippen molar-refractivity contribution in [1.29, 1.82) is 0 Å². The number of ether oxygens (including phenoxy) is 1. The van der Waals surface area contributed by atoms with Crippen LogP contribution in [0.1, 0.15) is 19.4 Å². The van der Waals surface area contributed by atoms with E-state index >= 15 is 0 Å². The predicted molar refractivity (Wildman–Crippen MR) is 105 cm³/mol. The first-order valence-electron chi connectivity index (χ1n) is 8.50. The van der Waals surface area contributed by atoms with Crippen LogP contribution in [0.15, 0.2) is 59.1 Å². The SMILES string of the molecule is CCNC(=O)[C@@H](C)N(Cc1cccc(Br)c1)C(=O)COc1ccccc1. The molecule has 0 aliphatic carbocycles. The number of carbonyl (C=O) groups excluding carboxylic acids is 2. The largest absolute Gasteiger partial charge is 0.484 e. The molecular formula is C20H23BrN2O3. The van der Waals surface area contributed by atoms with Crippen LogP contribution in [0, 0.1) is 0 Å². The Kier molecular flexibility index (Phi) is 7.66. The van der Waals surface area contributed by atoms with Crippen molar-refractivity contribution in [3.05, 3.63) is 64.6 Å². The summed E-state index contributed by atoms with van der Waals surface area (Å²) in [7, 11) is 0. The topological polar surface area (TPSA) is 58.6 Å². The molecule has 0 saturated carbocycles. The second-order valence-corrected chi connectivity index (χ2v) is 6.74. The summed E-state index contributed by atoms with van der Waals surface area (Å²) in [6.45, 7) is 4.30. The van der Waals surface area contributed by atoms with Crippen LogP contribution < -0.4 is 10.1 Å². The molecule has 0 spiro atoms. The Labute approximate surface area is 162 Å². The first-order chi connectivity index (χ1) is 12.5. The molecule has 0 unspecified atom stereocenters. The summed E-state index contributed by atoms with van der Waals surface area (Å²) in [5.74, 6) is 0.192. The molecule has 1 atom stereocenters. The minimum absolute atomic E-state index is 0.123. The van der Waals surface area contributed by atoms with Crippen LogP contribution in [0.4, 0.5) is 0 Å². The van der Waals surface area contributed by atoms with E-state index in [-0.39, 0.29) is 18.4 Å². The van der Waals surface area contributed by atoms with Crippen molar-refractivity contribution in [2.75, 3.05) is 13.2 Å². The van der Waals surface area contributed by atoms with Gasteiger partial charge in [0.2, 0.25) is 5.91 Å². The molecule has 0 bridgehead atoms. The maximum atomic E-state index is 12.8.